The Morgan fingerprint density at radius 3 is 2.76 bits per heavy atom. The van der Waals surface area contributed by atoms with E-state index in [4.69, 9.17) is 4.74 Å². The standard InChI is InChI=1S/C26H28N8O3/c1-37-21-7-5-19(6-8-21)22-9-10-25(35)34(31-22)15-12-27-26(36)20-4-2-13-32(17-20)23-16-24(29-18-28-23)33-14-3-11-30-33/h3,5-11,14,16,18,20H,2,4,12-13,15,17H2,1H3,(H,27,36). The average Bonchev–Trinajstić information content (AvgIpc) is 3.50. The summed E-state index contributed by atoms with van der Waals surface area (Å²) in [6.45, 7) is 1.97. The Bertz CT molecular complexity index is 1400. The van der Waals surface area contributed by atoms with Gasteiger partial charge in [0.25, 0.3) is 5.56 Å². The number of nitrogens with zero attached hydrogens (tertiary/aromatic N) is 7. The lowest BCUT2D eigenvalue weighted by atomic mass is 9.97. The molecule has 3 aromatic heterocycles. The Balaban J connectivity index is 1.18. The smallest absolute Gasteiger partial charge is 0.266 e. The van der Waals surface area contributed by atoms with Crippen LogP contribution in [-0.4, -0.2) is 62.2 Å². The largest absolute Gasteiger partial charge is 0.497 e. The molecular formula is C26H28N8O3. The second-order valence-corrected chi connectivity index (χ2v) is 8.77. The van der Waals surface area contributed by atoms with Crippen molar-refractivity contribution in [1.82, 2.24) is 34.8 Å². The van der Waals surface area contributed by atoms with Crippen molar-refractivity contribution in [2.24, 2.45) is 5.92 Å². The van der Waals surface area contributed by atoms with Crippen LogP contribution in [0.15, 0.2) is 72.0 Å². The quantitative estimate of drug-likeness (QED) is 0.390. The van der Waals surface area contributed by atoms with Gasteiger partial charge in [0, 0.05) is 49.7 Å². The summed E-state index contributed by atoms with van der Waals surface area (Å²) in [5.74, 6) is 1.98. The van der Waals surface area contributed by atoms with Crippen molar-refractivity contribution in [3.8, 4) is 22.8 Å². The summed E-state index contributed by atoms with van der Waals surface area (Å²) in [5, 5.41) is 11.7. The summed E-state index contributed by atoms with van der Waals surface area (Å²) in [5.41, 5.74) is 1.34. The number of benzene rings is 1. The van der Waals surface area contributed by atoms with Crippen LogP contribution < -0.4 is 20.5 Å². The van der Waals surface area contributed by atoms with E-state index in [1.54, 1.807) is 24.1 Å². The number of rotatable bonds is 8. The second-order valence-electron chi connectivity index (χ2n) is 8.77. The van der Waals surface area contributed by atoms with E-state index >= 15 is 0 Å². The maximum Gasteiger partial charge on any atom is 0.266 e. The molecule has 1 unspecified atom stereocenters. The van der Waals surface area contributed by atoms with E-state index < -0.39 is 0 Å². The zero-order valence-electron chi connectivity index (χ0n) is 20.5. The van der Waals surface area contributed by atoms with Gasteiger partial charge < -0.3 is 15.0 Å². The van der Waals surface area contributed by atoms with Gasteiger partial charge in [-0.15, -0.1) is 0 Å². The first-order chi connectivity index (χ1) is 18.1. The predicted octanol–water partition coefficient (Wildman–Crippen LogP) is 1.93. The van der Waals surface area contributed by atoms with Crippen LogP contribution in [0.1, 0.15) is 12.8 Å². The number of carbonyl (C=O) groups is 1. The van der Waals surface area contributed by atoms with Crippen molar-refractivity contribution in [3.63, 3.8) is 0 Å². The number of hydrogen-bond acceptors (Lipinski definition) is 8. The molecule has 1 fully saturated rings. The highest BCUT2D eigenvalue weighted by atomic mass is 16.5. The zero-order chi connectivity index (χ0) is 25.6. The van der Waals surface area contributed by atoms with E-state index in [0.717, 1.165) is 36.5 Å². The Hall–Kier alpha value is -4.54. The Morgan fingerprint density at radius 1 is 1.14 bits per heavy atom. The molecule has 4 aromatic rings. The Kier molecular flexibility index (Phi) is 7.20. The van der Waals surface area contributed by atoms with Crippen LogP contribution >= 0.6 is 0 Å². The van der Waals surface area contributed by atoms with Crippen LogP contribution in [0, 0.1) is 5.92 Å². The summed E-state index contributed by atoms with van der Waals surface area (Å²) in [6.07, 6.45) is 6.71. The van der Waals surface area contributed by atoms with E-state index in [-0.39, 0.29) is 23.9 Å². The van der Waals surface area contributed by atoms with Crippen LogP contribution in [0.3, 0.4) is 0 Å². The van der Waals surface area contributed by atoms with E-state index in [1.165, 1.54) is 17.1 Å². The number of piperidine rings is 1. The molecular weight excluding hydrogens is 472 g/mol. The first-order valence-corrected chi connectivity index (χ1v) is 12.2. The predicted molar refractivity (Wildman–Crippen MR) is 138 cm³/mol. The Morgan fingerprint density at radius 2 is 1.97 bits per heavy atom. The van der Waals surface area contributed by atoms with Gasteiger partial charge in [-0.3, -0.25) is 9.59 Å². The van der Waals surface area contributed by atoms with Gasteiger partial charge in [-0.2, -0.15) is 10.2 Å². The molecule has 1 amide bonds. The highest BCUT2D eigenvalue weighted by molar-refractivity contribution is 5.79. The number of aromatic nitrogens is 6. The number of hydrogen-bond donors (Lipinski definition) is 1. The maximum atomic E-state index is 12.9. The third kappa shape index (κ3) is 5.66. The molecule has 11 nitrogen and oxygen atoms in total. The summed E-state index contributed by atoms with van der Waals surface area (Å²) < 4.78 is 8.26. The van der Waals surface area contributed by atoms with Gasteiger partial charge >= 0.3 is 0 Å². The SMILES string of the molecule is COc1ccc(-c2ccc(=O)n(CCNC(=O)C3CCCN(c4cc(-n5cccn5)ncn4)C3)n2)cc1. The molecule has 1 atom stereocenters. The number of anilines is 1. The fraction of sp³-hybridized carbons (Fsp3) is 0.308. The molecule has 0 spiro atoms. The van der Waals surface area contributed by atoms with Crippen LogP contribution in [0.4, 0.5) is 5.82 Å². The second kappa shape index (κ2) is 11.0. The number of ether oxygens (including phenoxy) is 1. The van der Waals surface area contributed by atoms with Gasteiger partial charge in [0.1, 0.15) is 17.9 Å². The van der Waals surface area contributed by atoms with Gasteiger partial charge in [-0.05, 0) is 49.2 Å². The van der Waals surface area contributed by atoms with Crippen LogP contribution in [-0.2, 0) is 11.3 Å². The van der Waals surface area contributed by atoms with Crippen molar-refractivity contribution in [1.29, 1.82) is 0 Å². The topological polar surface area (TPSA) is 120 Å². The van der Waals surface area contributed by atoms with Crippen molar-refractivity contribution in [3.05, 3.63) is 77.6 Å². The average molecular weight is 501 g/mol. The zero-order valence-corrected chi connectivity index (χ0v) is 20.5. The van der Waals surface area contributed by atoms with E-state index in [0.29, 0.717) is 24.6 Å². The van der Waals surface area contributed by atoms with Crippen molar-refractivity contribution < 1.29 is 9.53 Å². The number of methoxy groups -OCH3 is 1. The maximum absolute atomic E-state index is 12.9. The number of carbonyl (C=O) groups excluding carboxylic acids is 1. The molecule has 5 rings (SSSR count). The third-order valence-electron chi connectivity index (χ3n) is 6.37. The molecule has 0 bridgehead atoms. The molecule has 37 heavy (non-hydrogen) atoms. The molecule has 0 radical (unpaired) electrons. The lowest BCUT2D eigenvalue weighted by Gasteiger charge is -2.32. The van der Waals surface area contributed by atoms with E-state index in [2.05, 4.69) is 30.4 Å². The molecule has 0 saturated carbocycles. The summed E-state index contributed by atoms with van der Waals surface area (Å²) in [4.78, 5) is 36.1. The molecule has 11 heteroatoms. The third-order valence-corrected chi connectivity index (χ3v) is 6.37. The summed E-state index contributed by atoms with van der Waals surface area (Å²) >= 11 is 0. The first kappa shape index (κ1) is 24.2. The minimum atomic E-state index is -0.216. The molecule has 1 aliphatic rings. The van der Waals surface area contributed by atoms with Crippen LogP contribution in [0.2, 0.25) is 0 Å². The summed E-state index contributed by atoms with van der Waals surface area (Å²) in [6, 6.07) is 14.4. The van der Waals surface area contributed by atoms with Gasteiger partial charge in [-0.1, -0.05) is 0 Å². The lowest BCUT2D eigenvalue weighted by molar-refractivity contribution is -0.125. The molecule has 190 valence electrons. The molecule has 1 aliphatic heterocycles. The normalized spacial score (nSPS) is 15.4. The fourth-order valence-electron chi connectivity index (χ4n) is 4.39. The van der Waals surface area contributed by atoms with Gasteiger partial charge in [0.05, 0.1) is 25.3 Å². The monoisotopic (exact) mass is 500 g/mol. The highest BCUT2D eigenvalue weighted by Gasteiger charge is 2.26. The molecule has 1 saturated heterocycles. The molecule has 0 aliphatic carbocycles. The van der Waals surface area contributed by atoms with Gasteiger partial charge in [-0.25, -0.2) is 19.3 Å². The van der Waals surface area contributed by atoms with Crippen LogP contribution in [0.5, 0.6) is 5.75 Å². The van der Waals surface area contributed by atoms with Gasteiger partial charge in [0.2, 0.25) is 5.91 Å². The number of nitrogens with one attached hydrogen (secondary N) is 1. The van der Waals surface area contributed by atoms with E-state index in [9.17, 15) is 9.59 Å². The van der Waals surface area contributed by atoms with E-state index in [1.807, 2.05) is 42.6 Å². The fourth-order valence-corrected chi connectivity index (χ4v) is 4.39. The van der Waals surface area contributed by atoms with Crippen molar-refractivity contribution in [2.45, 2.75) is 19.4 Å². The molecule has 1 N–H and O–H groups in total. The highest BCUT2D eigenvalue weighted by Crippen LogP contribution is 2.23. The minimum Gasteiger partial charge on any atom is -0.497 e. The van der Waals surface area contributed by atoms with Crippen molar-refractivity contribution in [2.75, 3.05) is 31.6 Å². The Labute approximate surface area is 213 Å². The first-order valence-electron chi connectivity index (χ1n) is 12.2. The lowest BCUT2D eigenvalue weighted by Crippen LogP contribution is -2.44. The van der Waals surface area contributed by atoms with Crippen molar-refractivity contribution >= 4 is 11.7 Å². The number of amides is 1. The van der Waals surface area contributed by atoms with Crippen LogP contribution in [0.25, 0.3) is 17.1 Å². The molecule has 4 heterocycles. The summed E-state index contributed by atoms with van der Waals surface area (Å²) in [7, 11) is 1.61. The minimum absolute atomic E-state index is 0.0367. The van der Waals surface area contributed by atoms with Gasteiger partial charge in [0.15, 0.2) is 5.82 Å². The molecule has 1 aromatic carbocycles.